The molecule has 14 heavy (non-hydrogen) atoms. The van der Waals surface area contributed by atoms with E-state index in [2.05, 4.69) is 6.07 Å². The van der Waals surface area contributed by atoms with Crippen molar-refractivity contribution in [3.8, 4) is 17.6 Å². The lowest BCUT2D eigenvalue weighted by Crippen LogP contribution is -1.94. The molecule has 1 aromatic rings. The standard InChI is InChI=1S/C11H13NO2/c1-2-3-9(7-12)8-4-5-10(13)11(14)6-8/h4-6,9,13-14H,2-3H2,1H3. The summed E-state index contributed by atoms with van der Waals surface area (Å²) >= 11 is 0. The van der Waals surface area contributed by atoms with Crippen molar-refractivity contribution in [1.29, 1.82) is 5.26 Å². The summed E-state index contributed by atoms with van der Waals surface area (Å²) in [5.41, 5.74) is 0.754. The van der Waals surface area contributed by atoms with Gasteiger partial charge < -0.3 is 10.2 Å². The lowest BCUT2D eigenvalue weighted by Gasteiger charge is -2.08. The number of hydrogen-bond donors (Lipinski definition) is 2. The number of nitriles is 1. The molecule has 3 nitrogen and oxygen atoms in total. The smallest absolute Gasteiger partial charge is 0.157 e. The van der Waals surface area contributed by atoms with Crippen molar-refractivity contribution in [3.05, 3.63) is 23.8 Å². The van der Waals surface area contributed by atoms with Gasteiger partial charge in [-0.1, -0.05) is 19.4 Å². The molecule has 0 aromatic heterocycles. The first-order valence-electron chi connectivity index (χ1n) is 4.60. The molecule has 0 bridgehead atoms. The first-order valence-corrected chi connectivity index (χ1v) is 4.60. The Kier molecular flexibility index (Phi) is 3.35. The summed E-state index contributed by atoms with van der Waals surface area (Å²) in [7, 11) is 0. The second kappa shape index (κ2) is 4.52. The molecule has 0 heterocycles. The van der Waals surface area contributed by atoms with Crippen LogP contribution in [0.3, 0.4) is 0 Å². The number of rotatable bonds is 3. The number of phenolic OH excluding ortho intramolecular Hbond substituents is 2. The second-order valence-electron chi connectivity index (χ2n) is 3.22. The lowest BCUT2D eigenvalue weighted by molar-refractivity contribution is 0.403. The third-order valence-corrected chi connectivity index (χ3v) is 2.14. The number of nitrogens with zero attached hydrogens (tertiary/aromatic N) is 1. The van der Waals surface area contributed by atoms with Gasteiger partial charge in [0, 0.05) is 0 Å². The van der Waals surface area contributed by atoms with Crippen LogP contribution in [0.1, 0.15) is 31.2 Å². The predicted octanol–water partition coefficient (Wildman–Crippen LogP) is 2.51. The van der Waals surface area contributed by atoms with Gasteiger partial charge in [-0.15, -0.1) is 0 Å². The number of phenols is 2. The van der Waals surface area contributed by atoms with E-state index in [4.69, 9.17) is 10.4 Å². The molecular formula is C11H13NO2. The molecule has 0 saturated heterocycles. The van der Waals surface area contributed by atoms with E-state index in [0.29, 0.717) is 0 Å². The van der Waals surface area contributed by atoms with Gasteiger partial charge in [-0.3, -0.25) is 0 Å². The second-order valence-corrected chi connectivity index (χ2v) is 3.22. The quantitative estimate of drug-likeness (QED) is 0.721. The van der Waals surface area contributed by atoms with Gasteiger partial charge in [0.25, 0.3) is 0 Å². The third kappa shape index (κ3) is 2.17. The highest BCUT2D eigenvalue weighted by Crippen LogP contribution is 2.30. The van der Waals surface area contributed by atoms with E-state index in [1.807, 2.05) is 6.92 Å². The molecule has 74 valence electrons. The minimum atomic E-state index is -0.202. The van der Waals surface area contributed by atoms with Gasteiger partial charge in [0.05, 0.1) is 12.0 Å². The highest BCUT2D eigenvalue weighted by Gasteiger charge is 2.11. The van der Waals surface area contributed by atoms with Crippen molar-refractivity contribution in [2.45, 2.75) is 25.7 Å². The van der Waals surface area contributed by atoms with Gasteiger partial charge in [-0.25, -0.2) is 0 Å². The van der Waals surface area contributed by atoms with Crippen LogP contribution in [0.25, 0.3) is 0 Å². The maximum absolute atomic E-state index is 9.25. The van der Waals surface area contributed by atoms with Crippen LogP contribution in [0.2, 0.25) is 0 Å². The Balaban J connectivity index is 2.95. The van der Waals surface area contributed by atoms with E-state index in [1.54, 1.807) is 6.07 Å². The van der Waals surface area contributed by atoms with Crippen LogP contribution in [0, 0.1) is 11.3 Å². The third-order valence-electron chi connectivity index (χ3n) is 2.14. The molecule has 1 unspecified atom stereocenters. The van der Waals surface area contributed by atoms with E-state index in [9.17, 15) is 5.11 Å². The minimum Gasteiger partial charge on any atom is -0.504 e. The Morgan fingerprint density at radius 3 is 2.57 bits per heavy atom. The van der Waals surface area contributed by atoms with E-state index in [-0.39, 0.29) is 17.4 Å². The fraction of sp³-hybridized carbons (Fsp3) is 0.364. The normalized spacial score (nSPS) is 12.0. The van der Waals surface area contributed by atoms with E-state index < -0.39 is 0 Å². The molecule has 0 radical (unpaired) electrons. The van der Waals surface area contributed by atoms with Crippen LogP contribution < -0.4 is 0 Å². The first-order chi connectivity index (χ1) is 6.69. The summed E-state index contributed by atoms with van der Waals surface area (Å²) in [6.45, 7) is 2.00. The molecule has 0 aliphatic heterocycles. The van der Waals surface area contributed by atoms with Crippen molar-refractivity contribution < 1.29 is 10.2 Å². The average Bonchev–Trinajstić information content (AvgIpc) is 2.19. The Bertz CT molecular complexity index is 355. The highest BCUT2D eigenvalue weighted by molar-refractivity contribution is 5.42. The topological polar surface area (TPSA) is 64.2 Å². The van der Waals surface area contributed by atoms with Gasteiger partial charge in [0.1, 0.15) is 0 Å². The fourth-order valence-electron chi connectivity index (χ4n) is 1.35. The largest absolute Gasteiger partial charge is 0.504 e. The molecule has 2 N–H and O–H groups in total. The summed E-state index contributed by atoms with van der Waals surface area (Å²) in [5.74, 6) is -0.521. The van der Waals surface area contributed by atoms with Gasteiger partial charge in [-0.05, 0) is 24.1 Å². The van der Waals surface area contributed by atoms with Gasteiger partial charge in [0.2, 0.25) is 0 Å². The van der Waals surface area contributed by atoms with Crippen LogP contribution in [0.15, 0.2) is 18.2 Å². The van der Waals surface area contributed by atoms with Crippen molar-refractivity contribution >= 4 is 0 Å². The first kappa shape index (κ1) is 10.4. The van der Waals surface area contributed by atoms with Crippen LogP contribution in [-0.2, 0) is 0 Å². The van der Waals surface area contributed by atoms with Gasteiger partial charge in [0.15, 0.2) is 11.5 Å². The number of hydrogen-bond acceptors (Lipinski definition) is 3. The van der Waals surface area contributed by atoms with Crippen molar-refractivity contribution in [1.82, 2.24) is 0 Å². The molecule has 0 fully saturated rings. The fourth-order valence-corrected chi connectivity index (χ4v) is 1.35. The van der Waals surface area contributed by atoms with Crippen LogP contribution in [-0.4, -0.2) is 10.2 Å². The maximum Gasteiger partial charge on any atom is 0.157 e. The zero-order chi connectivity index (χ0) is 10.6. The Morgan fingerprint density at radius 2 is 2.07 bits per heavy atom. The zero-order valence-electron chi connectivity index (χ0n) is 8.07. The molecule has 0 amide bonds. The Morgan fingerprint density at radius 1 is 1.36 bits per heavy atom. The minimum absolute atomic E-state index is 0.151. The molecule has 0 spiro atoms. The molecule has 0 aliphatic carbocycles. The van der Waals surface area contributed by atoms with Crippen LogP contribution in [0.4, 0.5) is 0 Å². The highest BCUT2D eigenvalue weighted by atomic mass is 16.3. The van der Waals surface area contributed by atoms with Crippen molar-refractivity contribution in [2.75, 3.05) is 0 Å². The molecule has 0 aliphatic rings. The Labute approximate surface area is 83.2 Å². The van der Waals surface area contributed by atoms with Crippen LogP contribution in [0.5, 0.6) is 11.5 Å². The average molecular weight is 191 g/mol. The molecule has 1 rings (SSSR count). The predicted molar refractivity (Wildman–Crippen MR) is 53.0 cm³/mol. The molecule has 1 aromatic carbocycles. The zero-order valence-corrected chi connectivity index (χ0v) is 8.07. The van der Waals surface area contributed by atoms with E-state index >= 15 is 0 Å². The molecule has 3 heteroatoms. The molecule has 1 atom stereocenters. The van der Waals surface area contributed by atoms with Crippen LogP contribution >= 0.6 is 0 Å². The summed E-state index contributed by atoms with van der Waals surface area (Å²) in [6, 6.07) is 6.69. The number of aromatic hydroxyl groups is 2. The Hall–Kier alpha value is -1.69. The van der Waals surface area contributed by atoms with Gasteiger partial charge in [-0.2, -0.15) is 5.26 Å². The number of benzene rings is 1. The summed E-state index contributed by atoms with van der Waals surface area (Å²) in [6.07, 6.45) is 1.68. The molecule has 0 saturated carbocycles. The van der Waals surface area contributed by atoms with Crippen molar-refractivity contribution in [2.24, 2.45) is 0 Å². The summed E-state index contributed by atoms with van der Waals surface area (Å²) < 4.78 is 0. The molecular weight excluding hydrogens is 178 g/mol. The summed E-state index contributed by atoms with van der Waals surface area (Å²) in [4.78, 5) is 0. The SMILES string of the molecule is CCCC(C#N)c1ccc(O)c(O)c1. The summed E-state index contributed by atoms with van der Waals surface area (Å²) in [5, 5.41) is 27.2. The van der Waals surface area contributed by atoms with Crippen molar-refractivity contribution in [3.63, 3.8) is 0 Å². The van der Waals surface area contributed by atoms with E-state index in [1.165, 1.54) is 12.1 Å². The lowest BCUT2D eigenvalue weighted by atomic mass is 9.96. The monoisotopic (exact) mass is 191 g/mol. The van der Waals surface area contributed by atoms with Gasteiger partial charge >= 0.3 is 0 Å². The maximum atomic E-state index is 9.25. The van der Waals surface area contributed by atoms with E-state index in [0.717, 1.165) is 18.4 Å².